The van der Waals surface area contributed by atoms with Crippen LogP contribution in [0, 0.1) is 0 Å². The summed E-state index contributed by atoms with van der Waals surface area (Å²) in [7, 11) is 0. The molecule has 1 unspecified atom stereocenters. The second-order valence-corrected chi connectivity index (χ2v) is 7.77. The van der Waals surface area contributed by atoms with Gasteiger partial charge in [0.1, 0.15) is 11.9 Å². The maximum absolute atomic E-state index is 12.4. The topological polar surface area (TPSA) is 55.8 Å². The van der Waals surface area contributed by atoms with Crippen LogP contribution < -0.4 is 4.74 Å². The molecule has 1 atom stereocenters. The third kappa shape index (κ3) is 5.75. The highest BCUT2D eigenvalue weighted by molar-refractivity contribution is 5.81. The van der Waals surface area contributed by atoms with Crippen molar-refractivity contribution in [3.63, 3.8) is 0 Å². The Morgan fingerprint density at radius 2 is 1.92 bits per heavy atom. The summed E-state index contributed by atoms with van der Waals surface area (Å²) in [4.78, 5) is 25.7. The molecule has 0 saturated carbocycles. The number of ether oxygens (including phenoxy) is 2. The van der Waals surface area contributed by atoms with Crippen molar-refractivity contribution < 1.29 is 19.1 Å². The molecule has 144 valence electrons. The lowest BCUT2D eigenvalue weighted by molar-refractivity contribution is -0.146. The molecule has 0 bridgehead atoms. The SMILES string of the molecule is CCOC(=O)CCC(=O)N1CCCC(Oc2ccccc2C(C)(C)C)C1. The minimum atomic E-state index is -0.315. The van der Waals surface area contributed by atoms with Gasteiger partial charge in [-0.15, -0.1) is 0 Å². The Labute approximate surface area is 156 Å². The number of hydrogen-bond donors (Lipinski definition) is 0. The van der Waals surface area contributed by atoms with Gasteiger partial charge in [-0.05, 0) is 36.8 Å². The van der Waals surface area contributed by atoms with Crippen LogP contribution in [0.4, 0.5) is 0 Å². The van der Waals surface area contributed by atoms with Crippen molar-refractivity contribution in [2.45, 2.75) is 64.9 Å². The van der Waals surface area contributed by atoms with Crippen molar-refractivity contribution in [1.82, 2.24) is 4.90 Å². The number of carbonyl (C=O) groups is 2. The fourth-order valence-corrected chi connectivity index (χ4v) is 3.23. The Hall–Kier alpha value is -2.04. The van der Waals surface area contributed by atoms with Gasteiger partial charge in [0.2, 0.25) is 5.91 Å². The molecule has 0 spiro atoms. The van der Waals surface area contributed by atoms with E-state index in [1.54, 1.807) is 6.92 Å². The van der Waals surface area contributed by atoms with Gasteiger partial charge < -0.3 is 14.4 Å². The van der Waals surface area contributed by atoms with Gasteiger partial charge in [-0.3, -0.25) is 9.59 Å². The molecule has 1 aliphatic rings. The summed E-state index contributed by atoms with van der Waals surface area (Å²) in [6.07, 6.45) is 2.16. The van der Waals surface area contributed by atoms with E-state index in [0.717, 1.165) is 25.1 Å². The molecule has 0 radical (unpaired) electrons. The molecule has 5 heteroatoms. The van der Waals surface area contributed by atoms with Crippen LogP contribution in [0.15, 0.2) is 24.3 Å². The van der Waals surface area contributed by atoms with Crippen molar-refractivity contribution in [2.75, 3.05) is 19.7 Å². The first-order valence-corrected chi connectivity index (χ1v) is 9.50. The predicted octanol–water partition coefficient (Wildman–Crippen LogP) is 3.70. The van der Waals surface area contributed by atoms with Gasteiger partial charge in [0.25, 0.3) is 0 Å². The zero-order valence-electron chi connectivity index (χ0n) is 16.4. The van der Waals surface area contributed by atoms with Crippen molar-refractivity contribution in [1.29, 1.82) is 0 Å². The van der Waals surface area contributed by atoms with E-state index in [1.807, 2.05) is 23.1 Å². The summed E-state index contributed by atoms with van der Waals surface area (Å²) >= 11 is 0. The summed E-state index contributed by atoms with van der Waals surface area (Å²) in [5.41, 5.74) is 1.17. The van der Waals surface area contributed by atoms with Gasteiger partial charge in [0, 0.05) is 13.0 Å². The molecular formula is C21H31NO4. The van der Waals surface area contributed by atoms with Gasteiger partial charge in [-0.1, -0.05) is 39.0 Å². The minimum Gasteiger partial charge on any atom is -0.488 e. The van der Waals surface area contributed by atoms with Crippen LogP contribution in [0.25, 0.3) is 0 Å². The Morgan fingerprint density at radius 1 is 1.19 bits per heavy atom. The van der Waals surface area contributed by atoms with Gasteiger partial charge >= 0.3 is 5.97 Å². The van der Waals surface area contributed by atoms with E-state index < -0.39 is 0 Å². The van der Waals surface area contributed by atoms with Gasteiger partial charge in [-0.2, -0.15) is 0 Å². The average Bonchev–Trinajstić information content (AvgIpc) is 2.60. The number of hydrogen-bond acceptors (Lipinski definition) is 4. The summed E-state index contributed by atoms with van der Waals surface area (Å²) < 4.78 is 11.2. The number of para-hydroxylation sites is 1. The van der Waals surface area contributed by atoms with Gasteiger partial charge in [0.15, 0.2) is 0 Å². The first-order chi connectivity index (χ1) is 12.3. The van der Waals surface area contributed by atoms with Crippen LogP contribution in [0.1, 0.15) is 58.9 Å². The molecule has 5 nitrogen and oxygen atoms in total. The Kier molecular flexibility index (Phi) is 7.06. The number of likely N-dealkylation sites (tertiary alicyclic amines) is 1. The van der Waals surface area contributed by atoms with E-state index in [9.17, 15) is 9.59 Å². The largest absolute Gasteiger partial charge is 0.488 e. The van der Waals surface area contributed by atoms with Crippen LogP contribution in [0.5, 0.6) is 5.75 Å². The van der Waals surface area contributed by atoms with E-state index >= 15 is 0 Å². The molecule has 0 aliphatic carbocycles. The number of benzene rings is 1. The number of carbonyl (C=O) groups excluding carboxylic acids is 2. The fraction of sp³-hybridized carbons (Fsp3) is 0.619. The summed E-state index contributed by atoms with van der Waals surface area (Å²) in [6.45, 7) is 9.91. The van der Waals surface area contributed by atoms with E-state index in [1.165, 1.54) is 5.56 Å². The molecule has 1 saturated heterocycles. The van der Waals surface area contributed by atoms with Crippen molar-refractivity contribution >= 4 is 11.9 Å². The van der Waals surface area contributed by atoms with Crippen molar-refractivity contribution in [3.8, 4) is 5.75 Å². The van der Waals surface area contributed by atoms with Gasteiger partial charge in [-0.25, -0.2) is 0 Å². The first kappa shape index (κ1) is 20.3. The van der Waals surface area contributed by atoms with Crippen LogP contribution in [0.2, 0.25) is 0 Å². The third-order valence-corrected chi connectivity index (χ3v) is 4.57. The summed E-state index contributed by atoms with van der Waals surface area (Å²) in [6, 6.07) is 8.11. The predicted molar refractivity (Wildman–Crippen MR) is 101 cm³/mol. The molecule has 1 heterocycles. The molecule has 1 fully saturated rings. The van der Waals surface area contributed by atoms with E-state index in [0.29, 0.717) is 13.2 Å². The summed E-state index contributed by atoms with van der Waals surface area (Å²) in [5.74, 6) is 0.575. The second kappa shape index (κ2) is 9.06. The van der Waals surface area contributed by atoms with E-state index in [4.69, 9.17) is 9.47 Å². The highest BCUT2D eigenvalue weighted by Crippen LogP contribution is 2.32. The molecular weight excluding hydrogens is 330 g/mol. The Balaban J connectivity index is 1.95. The zero-order chi connectivity index (χ0) is 19.2. The molecule has 1 aromatic carbocycles. The molecule has 1 aliphatic heterocycles. The smallest absolute Gasteiger partial charge is 0.306 e. The van der Waals surface area contributed by atoms with Gasteiger partial charge in [0.05, 0.1) is 19.6 Å². The first-order valence-electron chi connectivity index (χ1n) is 9.50. The second-order valence-electron chi connectivity index (χ2n) is 7.77. The lowest BCUT2D eigenvalue weighted by Gasteiger charge is -2.34. The third-order valence-electron chi connectivity index (χ3n) is 4.57. The normalized spacial score (nSPS) is 17.7. The highest BCUT2D eigenvalue weighted by Gasteiger charge is 2.27. The zero-order valence-corrected chi connectivity index (χ0v) is 16.4. The van der Waals surface area contributed by atoms with Crippen LogP contribution in [-0.4, -0.2) is 42.6 Å². The lowest BCUT2D eigenvalue weighted by Crippen LogP contribution is -2.44. The highest BCUT2D eigenvalue weighted by atomic mass is 16.5. The number of esters is 1. The molecule has 1 aromatic rings. The maximum Gasteiger partial charge on any atom is 0.306 e. The van der Waals surface area contributed by atoms with Crippen molar-refractivity contribution in [2.24, 2.45) is 0 Å². The molecule has 26 heavy (non-hydrogen) atoms. The Morgan fingerprint density at radius 3 is 2.62 bits per heavy atom. The molecule has 2 rings (SSSR count). The Bertz CT molecular complexity index is 621. The quantitative estimate of drug-likeness (QED) is 0.725. The average molecular weight is 361 g/mol. The number of amides is 1. The van der Waals surface area contributed by atoms with E-state index in [2.05, 4.69) is 26.8 Å². The van der Waals surface area contributed by atoms with Crippen LogP contribution >= 0.6 is 0 Å². The molecule has 1 amide bonds. The number of nitrogens with zero attached hydrogens (tertiary/aromatic N) is 1. The maximum atomic E-state index is 12.4. The van der Waals surface area contributed by atoms with Crippen molar-refractivity contribution in [3.05, 3.63) is 29.8 Å². The standard InChI is InChI=1S/C21H31NO4/c1-5-25-20(24)13-12-19(23)22-14-8-9-16(15-22)26-18-11-7-6-10-17(18)21(2,3)4/h6-7,10-11,16H,5,8-9,12-15H2,1-4H3. The number of piperidine rings is 1. The lowest BCUT2D eigenvalue weighted by atomic mass is 9.86. The van der Waals surface area contributed by atoms with Crippen LogP contribution in [-0.2, 0) is 19.7 Å². The van der Waals surface area contributed by atoms with E-state index in [-0.39, 0.29) is 36.2 Å². The van der Waals surface area contributed by atoms with Crippen LogP contribution in [0.3, 0.4) is 0 Å². The molecule has 0 aromatic heterocycles. The molecule has 0 N–H and O–H groups in total. The minimum absolute atomic E-state index is 0.000403. The fourth-order valence-electron chi connectivity index (χ4n) is 3.23. The monoisotopic (exact) mass is 361 g/mol. The number of rotatable bonds is 6. The summed E-state index contributed by atoms with van der Waals surface area (Å²) in [5, 5.41) is 0.